The van der Waals surface area contributed by atoms with Gasteiger partial charge in [-0.2, -0.15) is 5.10 Å². The fourth-order valence-corrected chi connectivity index (χ4v) is 3.48. The van der Waals surface area contributed by atoms with E-state index in [1.54, 1.807) is 0 Å². The zero-order valence-electron chi connectivity index (χ0n) is 12.4. The normalized spacial score (nSPS) is 26.0. The first-order valence-electron chi connectivity index (χ1n) is 8.38. The first-order valence-corrected chi connectivity index (χ1v) is 8.38. The van der Waals surface area contributed by atoms with Crippen molar-refractivity contribution in [3.8, 4) is 0 Å². The highest BCUT2D eigenvalue weighted by Crippen LogP contribution is 2.44. The molecule has 2 saturated carbocycles. The minimum atomic E-state index is 0.0151. The van der Waals surface area contributed by atoms with E-state index in [-0.39, 0.29) is 5.91 Å². The third-order valence-electron chi connectivity index (χ3n) is 5.04. The maximum absolute atomic E-state index is 12.4. The molecule has 1 unspecified atom stereocenters. The number of hydrogen-bond donors (Lipinski definition) is 2. The summed E-state index contributed by atoms with van der Waals surface area (Å²) in [6.07, 6.45) is 9.40. The van der Waals surface area contributed by atoms with Crippen LogP contribution in [-0.2, 0) is 0 Å². The highest BCUT2D eigenvalue weighted by molar-refractivity contribution is 5.92. The zero-order valence-corrected chi connectivity index (χ0v) is 12.4. The molecule has 0 bridgehead atoms. The van der Waals surface area contributed by atoms with Gasteiger partial charge in [-0.15, -0.1) is 0 Å². The molecule has 4 rings (SSSR count). The van der Waals surface area contributed by atoms with Crippen molar-refractivity contribution >= 4 is 5.91 Å². The second kappa shape index (κ2) is 5.44. The quantitative estimate of drug-likeness (QED) is 0.867. The Morgan fingerprint density at radius 3 is 2.67 bits per heavy atom. The number of hydrogen-bond acceptors (Lipinski definition) is 3. The van der Waals surface area contributed by atoms with Gasteiger partial charge in [0.15, 0.2) is 0 Å². The third-order valence-corrected chi connectivity index (χ3v) is 5.04. The van der Waals surface area contributed by atoms with Crippen LogP contribution >= 0.6 is 0 Å². The lowest BCUT2D eigenvalue weighted by molar-refractivity contribution is 0.0920. The minimum absolute atomic E-state index is 0.0151. The van der Waals surface area contributed by atoms with E-state index in [2.05, 4.69) is 15.7 Å². The number of carbonyl (C=O) groups is 1. The van der Waals surface area contributed by atoms with E-state index in [1.165, 1.54) is 32.1 Å². The van der Waals surface area contributed by atoms with Crippen molar-refractivity contribution < 1.29 is 4.79 Å². The van der Waals surface area contributed by atoms with Crippen LogP contribution in [0, 0.1) is 11.8 Å². The smallest absolute Gasteiger partial charge is 0.272 e. The molecular formula is C16H24N4O. The molecule has 5 nitrogen and oxygen atoms in total. The fourth-order valence-electron chi connectivity index (χ4n) is 3.48. The van der Waals surface area contributed by atoms with Gasteiger partial charge in [0, 0.05) is 18.8 Å². The highest BCUT2D eigenvalue weighted by Gasteiger charge is 2.42. The third kappa shape index (κ3) is 2.98. The topological polar surface area (TPSA) is 59.0 Å². The second-order valence-electron chi connectivity index (χ2n) is 6.86. The van der Waals surface area contributed by atoms with Crippen molar-refractivity contribution in [2.45, 2.75) is 50.6 Å². The van der Waals surface area contributed by atoms with Crippen LogP contribution in [0.5, 0.6) is 0 Å². The van der Waals surface area contributed by atoms with Crippen molar-refractivity contribution in [1.82, 2.24) is 20.4 Å². The summed E-state index contributed by atoms with van der Waals surface area (Å²) in [6.45, 7) is 2.05. The van der Waals surface area contributed by atoms with E-state index in [1.807, 2.05) is 16.9 Å². The Kier molecular flexibility index (Phi) is 3.45. The minimum Gasteiger partial charge on any atom is -0.347 e. The maximum atomic E-state index is 12.4. The van der Waals surface area contributed by atoms with E-state index in [9.17, 15) is 4.79 Å². The summed E-state index contributed by atoms with van der Waals surface area (Å²) in [5.41, 5.74) is 0.576. The Bertz CT molecular complexity index is 500. The van der Waals surface area contributed by atoms with Crippen LogP contribution < -0.4 is 10.6 Å². The van der Waals surface area contributed by atoms with Crippen LogP contribution in [0.4, 0.5) is 0 Å². The SMILES string of the molecule is O=C(NC(C1CC1)C1CC1)c1ccn(C2CCCNC2)n1. The number of nitrogens with one attached hydrogen (secondary N) is 2. The molecule has 2 N–H and O–H groups in total. The number of amides is 1. The molecule has 3 aliphatic rings. The molecule has 3 fully saturated rings. The number of carbonyl (C=O) groups excluding carboxylic acids is 1. The van der Waals surface area contributed by atoms with Gasteiger partial charge < -0.3 is 10.6 Å². The Hall–Kier alpha value is -1.36. The van der Waals surface area contributed by atoms with Gasteiger partial charge in [0.25, 0.3) is 5.91 Å². The lowest BCUT2D eigenvalue weighted by Gasteiger charge is -2.23. The molecule has 1 aromatic heterocycles. The van der Waals surface area contributed by atoms with Crippen molar-refractivity contribution in [1.29, 1.82) is 0 Å². The summed E-state index contributed by atoms with van der Waals surface area (Å²) in [5.74, 6) is 1.47. The molecule has 114 valence electrons. The first-order chi connectivity index (χ1) is 10.3. The lowest BCUT2D eigenvalue weighted by atomic mass is 10.1. The van der Waals surface area contributed by atoms with Gasteiger partial charge in [-0.1, -0.05) is 0 Å². The van der Waals surface area contributed by atoms with Crippen LogP contribution in [0.25, 0.3) is 0 Å². The maximum Gasteiger partial charge on any atom is 0.272 e. The lowest BCUT2D eigenvalue weighted by Crippen LogP contribution is -2.38. The van der Waals surface area contributed by atoms with E-state index in [0.717, 1.165) is 31.3 Å². The molecule has 0 aromatic carbocycles. The highest BCUT2D eigenvalue weighted by atomic mass is 16.2. The fraction of sp³-hybridized carbons (Fsp3) is 0.750. The van der Waals surface area contributed by atoms with Crippen molar-refractivity contribution in [3.05, 3.63) is 18.0 Å². The van der Waals surface area contributed by atoms with E-state index in [0.29, 0.717) is 17.8 Å². The summed E-state index contributed by atoms with van der Waals surface area (Å²) in [4.78, 5) is 12.4. The molecule has 1 saturated heterocycles. The summed E-state index contributed by atoms with van der Waals surface area (Å²) in [5, 5.41) is 11.1. The molecule has 1 aliphatic heterocycles. The number of rotatable bonds is 5. The summed E-state index contributed by atoms with van der Waals surface area (Å²) >= 11 is 0. The Morgan fingerprint density at radius 1 is 1.29 bits per heavy atom. The summed E-state index contributed by atoms with van der Waals surface area (Å²) in [6, 6.07) is 2.66. The average Bonchev–Trinajstić information content (AvgIpc) is 3.44. The van der Waals surface area contributed by atoms with Gasteiger partial charge in [-0.05, 0) is 63.0 Å². The van der Waals surface area contributed by atoms with Crippen LogP contribution in [0.2, 0.25) is 0 Å². The molecule has 2 heterocycles. The van der Waals surface area contributed by atoms with Gasteiger partial charge in [0.05, 0.1) is 6.04 Å². The van der Waals surface area contributed by atoms with E-state index in [4.69, 9.17) is 0 Å². The van der Waals surface area contributed by atoms with Crippen molar-refractivity contribution in [3.63, 3.8) is 0 Å². The van der Waals surface area contributed by atoms with Crippen LogP contribution in [0.3, 0.4) is 0 Å². The first kappa shape index (κ1) is 13.3. The van der Waals surface area contributed by atoms with Crippen molar-refractivity contribution in [2.75, 3.05) is 13.1 Å². The molecule has 21 heavy (non-hydrogen) atoms. The molecule has 1 aromatic rings. The number of piperidine rings is 1. The second-order valence-corrected chi connectivity index (χ2v) is 6.86. The Labute approximate surface area is 125 Å². The summed E-state index contributed by atoms with van der Waals surface area (Å²) < 4.78 is 1.96. The molecule has 1 amide bonds. The standard InChI is InChI=1S/C16H24N4O/c21-16(18-15(11-3-4-11)12-5-6-12)14-7-9-20(19-14)13-2-1-8-17-10-13/h7,9,11-13,15,17H,1-6,8,10H2,(H,18,21). The molecule has 1 atom stereocenters. The van der Waals surface area contributed by atoms with E-state index >= 15 is 0 Å². The molecule has 0 spiro atoms. The average molecular weight is 288 g/mol. The van der Waals surface area contributed by atoms with Gasteiger partial charge >= 0.3 is 0 Å². The van der Waals surface area contributed by atoms with Crippen LogP contribution in [-0.4, -0.2) is 34.8 Å². The van der Waals surface area contributed by atoms with Crippen LogP contribution in [0.15, 0.2) is 12.3 Å². The summed E-state index contributed by atoms with van der Waals surface area (Å²) in [7, 11) is 0. The monoisotopic (exact) mass is 288 g/mol. The molecule has 5 heteroatoms. The number of nitrogens with zero attached hydrogens (tertiary/aromatic N) is 2. The van der Waals surface area contributed by atoms with Crippen LogP contribution in [0.1, 0.15) is 55.1 Å². The van der Waals surface area contributed by atoms with Gasteiger partial charge in [0.2, 0.25) is 0 Å². The van der Waals surface area contributed by atoms with E-state index < -0.39 is 0 Å². The van der Waals surface area contributed by atoms with Gasteiger partial charge in [0.1, 0.15) is 5.69 Å². The molecular weight excluding hydrogens is 264 g/mol. The predicted octanol–water partition coefficient (Wildman–Crippen LogP) is 1.73. The van der Waals surface area contributed by atoms with Gasteiger partial charge in [-0.3, -0.25) is 9.48 Å². The predicted molar refractivity (Wildman–Crippen MR) is 80.1 cm³/mol. The van der Waals surface area contributed by atoms with Crippen molar-refractivity contribution in [2.24, 2.45) is 11.8 Å². The van der Waals surface area contributed by atoms with Gasteiger partial charge in [-0.25, -0.2) is 0 Å². The Balaban J connectivity index is 1.40. The largest absolute Gasteiger partial charge is 0.347 e. The number of aromatic nitrogens is 2. The molecule has 0 radical (unpaired) electrons. The molecule has 2 aliphatic carbocycles. The zero-order chi connectivity index (χ0) is 14.2. The Morgan fingerprint density at radius 2 is 2.05 bits per heavy atom.